The maximum atomic E-state index is 6.23. The van der Waals surface area contributed by atoms with Crippen molar-refractivity contribution in [2.24, 2.45) is 12.8 Å². The zero-order valence-electron chi connectivity index (χ0n) is 11.2. The first-order valence-corrected chi connectivity index (χ1v) is 6.34. The zero-order valence-corrected chi connectivity index (χ0v) is 12.0. The maximum Gasteiger partial charge on any atom is 0.217 e. The van der Waals surface area contributed by atoms with Crippen molar-refractivity contribution < 1.29 is 4.74 Å². The van der Waals surface area contributed by atoms with Crippen molar-refractivity contribution in [3.05, 3.63) is 40.3 Å². The van der Waals surface area contributed by atoms with Crippen LogP contribution in [0.1, 0.15) is 23.0 Å². The summed E-state index contributed by atoms with van der Waals surface area (Å²) < 4.78 is 6.99. The Morgan fingerprint density at radius 1 is 1.53 bits per heavy atom. The molecule has 0 spiro atoms. The Morgan fingerprint density at radius 3 is 2.84 bits per heavy atom. The maximum absolute atomic E-state index is 6.23. The van der Waals surface area contributed by atoms with Crippen molar-refractivity contribution in [3.63, 3.8) is 0 Å². The minimum atomic E-state index is -0.240. The second-order valence-electron chi connectivity index (χ2n) is 4.38. The van der Waals surface area contributed by atoms with Gasteiger partial charge < -0.3 is 10.5 Å². The highest BCUT2D eigenvalue weighted by Crippen LogP contribution is 2.27. The molecular weight excluding hydrogens is 264 g/mol. The number of halogens is 1. The Bertz CT molecular complexity index is 582. The summed E-state index contributed by atoms with van der Waals surface area (Å²) in [7, 11) is 3.45. The molecule has 2 N–H and O–H groups in total. The third kappa shape index (κ3) is 2.72. The molecule has 2 heterocycles. The van der Waals surface area contributed by atoms with E-state index >= 15 is 0 Å². The third-order valence-corrected chi connectivity index (χ3v) is 3.56. The summed E-state index contributed by atoms with van der Waals surface area (Å²) in [5.41, 5.74) is 8.82. The van der Waals surface area contributed by atoms with Crippen LogP contribution in [0.15, 0.2) is 18.3 Å². The zero-order chi connectivity index (χ0) is 14.0. The predicted molar refractivity (Wildman–Crippen MR) is 74.4 cm³/mol. The minimum Gasteiger partial charge on any atom is -0.481 e. The van der Waals surface area contributed by atoms with E-state index in [0.29, 0.717) is 17.3 Å². The fraction of sp³-hybridized carbons (Fsp3) is 0.385. The molecule has 1 atom stereocenters. The van der Waals surface area contributed by atoms with E-state index in [-0.39, 0.29) is 6.04 Å². The lowest BCUT2D eigenvalue weighted by Crippen LogP contribution is -2.17. The van der Waals surface area contributed by atoms with Crippen molar-refractivity contribution in [1.29, 1.82) is 0 Å². The second kappa shape index (κ2) is 5.59. The Balaban J connectivity index is 2.28. The van der Waals surface area contributed by atoms with Gasteiger partial charge in [0.1, 0.15) is 0 Å². The van der Waals surface area contributed by atoms with Crippen molar-refractivity contribution >= 4 is 11.6 Å². The molecule has 0 aliphatic rings. The molecule has 2 aromatic heterocycles. The molecule has 0 radical (unpaired) electrons. The van der Waals surface area contributed by atoms with Crippen LogP contribution in [0.2, 0.25) is 5.02 Å². The Kier molecular flexibility index (Phi) is 4.07. The number of rotatable bonds is 4. The van der Waals surface area contributed by atoms with Crippen LogP contribution < -0.4 is 10.5 Å². The first-order valence-electron chi connectivity index (χ1n) is 5.97. The molecule has 0 saturated heterocycles. The molecule has 102 valence electrons. The van der Waals surface area contributed by atoms with Gasteiger partial charge in [0.2, 0.25) is 5.88 Å². The highest BCUT2D eigenvalue weighted by atomic mass is 35.5. The number of hydrogen-bond donors (Lipinski definition) is 1. The lowest BCUT2D eigenvalue weighted by Gasteiger charge is -2.15. The average Bonchev–Trinajstić information content (AvgIpc) is 2.65. The monoisotopic (exact) mass is 280 g/mol. The molecule has 2 aromatic rings. The topological polar surface area (TPSA) is 66.0 Å². The summed E-state index contributed by atoms with van der Waals surface area (Å²) in [5.74, 6) is 0.546. The van der Waals surface area contributed by atoms with Crippen molar-refractivity contribution in [2.45, 2.75) is 19.4 Å². The first-order chi connectivity index (χ1) is 9.04. The number of hydrogen-bond acceptors (Lipinski definition) is 4. The Hall–Kier alpha value is -1.59. The highest BCUT2D eigenvalue weighted by molar-refractivity contribution is 6.31. The SMILES string of the molecule is COc1ncccc1C(N)Cc1c(Cl)c(C)nn1C. The summed E-state index contributed by atoms with van der Waals surface area (Å²) >= 11 is 6.23. The molecule has 0 aliphatic carbocycles. The van der Waals surface area contributed by atoms with Gasteiger partial charge in [-0.1, -0.05) is 17.7 Å². The number of pyridine rings is 1. The lowest BCUT2D eigenvalue weighted by molar-refractivity contribution is 0.388. The summed E-state index contributed by atoms with van der Waals surface area (Å²) in [5, 5.41) is 4.95. The minimum absolute atomic E-state index is 0.240. The molecule has 0 amide bonds. The summed E-state index contributed by atoms with van der Waals surface area (Å²) in [6.07, 6.45) is 2.26. The smallest absolute Gasteiger partial charge is 0.217 e. The number of aryl methyl sites for hydroxylation is 2. The summed E-state index contributed by atoms with van der Waals surface area (Å²) in [4.78, 5) is 4.15. The van der Waals surface area contributed by atoms with E-state index in [1.54, 1.807) is 18.0 Å². The van der Waals surface area contributed by atoms with Crippen LogP contribution in [-0.4, -0.2) is 21.9 Å². The number of nitrogens with zero attached hydrogens (tertiary/aromatic N) is 3. The highest BCUT2D eigenvalue weighted by Gasteiger charge is 2.18. The van der Waals surface area contributed by atoms with E-state index in [0.717, 1.165) is 17.0 Å². The quantitative estimate of drug-likeness (QED) is 0.931. The fourth-order valence-corrected chi connectivity index (χ4v) is 2.31. The fourth-order valence-electron chi connectivity index (χ4n) is 2.08. The molecule has 0 aliphatic heterocycles. The van der Waals surface area contributed by atoms with Crippen LogP contribution in [0.3, 0.4) is 0 Å². The van der Waals surface area contributed by atoms with Gasteiger partial charge in [-0.3, -0.25) is 4.68 Å². The van der Waals surface area contributed by atoms with Gasteiger partial charge in [-0.15, -0.1) is 0 Å². The van der Waals surface area contributed by atoms with Crippen LogP contribution in [0.25, 0.3) is 0 Å². The Morgan fingerprint density at radius 2 is 2.26 bits per heavy atom. The standard InChI is InChI=1S/C13H17ClN4O/c1-8-12(14)11(18(2)17-8)7-10(15)9-5-4-6-16-13(9)19-3/h4-6,10H,7,15H2,1-3H3. The normalized spacial score (nSPS) is 12.5. The van der Waals surface area contributed by atoms with Gasteiger partial charge in [-0.25, -0.2) is 4.98 Å². The molecule has 0 saturated carbocycles. The van der Waals surface area contributed by atoms with Crippen LogP contribution in [0.4, 0.5) is 0 Å². The van der Waals surface area contributed by atoms with Gasteiger partial charge in [0, 0.05) is 31.3 Å². The number of methoxy groups -OCH3 is 1. The molecule has 0 fully saturated rings. The van der Waals surface area contributed by atoms with Gasteiger partial charge in [0.05, 0.1) is 23.5 Å². The van der Waals surface area contributed by atoms with Crippen LogP contribution >= 0.6 is 11.6 Å². The van der Waals surface area contributed by atoms with Gasteiger partial charge >= 0.3 is 0 Å². The molecule has 0 bridgehead atoms. The van der Waals surface area contributed by atoms with E-state index < -0.39 is 0 Å². The number of nitrogens with two attached hydrogens (primary N) is 1. The third-order valence-electron chi connectivity index (χ3n) is 3.07. The van der Waals surface area contributed by atoms with Gasteiger partial charge in [0.25, 0.3) is 0 Å². The van der Waals surface area contributed by atoms with Gasteiger partial charge in [0.15, 0.2) is 0 Å². The second-order valence-corrected chi connectivity index (χ2v) is 4.76. The van der Waals surface area contributed by atoms with E-state index in [9.17, 15) is 0 Å². The first kappa shape index (κ1) is 13.8. The van der Waals surface area contributed by atoms with E-state index in [4.69, 9.17) is 22.1 Å². The molecule has 5 nitrogen and oxygen atoms in total. The van der Waals surface area contributed by atoms with Crippen molar-refractivity contribution in [1.82, 2.24) is 14.8 Å². The van der Waals surface area contributed by atoms with Crippen molar-refractivity contribution in [2.75, 3.05) is 7.11 Å². The predicted octanol–water partition coefficient (Wildman–Crippen LogP) is 2.03. The molecule has 19 heavy (non-hydrogen) atoms. The molecule has 6 heteroatoms. The molecular formula is C13H17ClN4O. The van der Waals surface area contributed by atoms with E-state index in [1.165, 1.54) is 0 Å². The van der Waals surface area contributed by atoms with Gasteiger partial charge in [-0.05, 0) is 13.0 Å². The number of ether oxygens (including phenoxy) is 1. The molecule has 1 unspecified atom stereocenters. The van der Waals surface area contributed by atoms with Crippen LogP contribution in [-0.2, 0) is 13.5 Å². The lowest BCUT2D eigenvalue weighted by atomic mass is 10.0. The summed E-state index contributed by atoms with van der Waals surface area (Å²) in [6, 6.07) is 3.51. The van der Waals surface area contributed by atoms with Crippen LogP contribution in [0, 0.1) is 6.92 Å². The Labute approximate surface area is 117 Å². The average molecular weight is 281 g/mol. The number of aromatic nitrogens is 3. The van der Waals surface area contributed by atoms with Gasteiger partial charge in [-0.2, -0.15) is 5.10 Å². The largest absolute Gasteiger partial charge is 0.481 e. The van der Waals surface area contributed by atoms with E-state index in [1.807, 2.05) is 26.1 Å². The van der Waals surface area contributed by atoms with E-state index in [2.05, 4.69) is 10.1 Å². The van der Waals surface area contributed by atoms with Crippen LogP contribution in [0.5, 0.6) is 5.88 Å². The molecule has 0 aromatic carbocycles. The van der Waals surface area contributed by atoms with Crippen molar-refractivity contribution in [3.8, 4) is 5.88 Å². The summed E-state index contributed by atoms with van der Waals surface area (Å²) in [6.45, 7) is 1.88. The molecule has 2 rings (SSSR count).